The lowest BCUT2D eigenvalue weighted by molar-refractivity contribution is -0.119. The Hall–Kier alpha value is -1.51. The van der Waals surface area contributed by atoms with Gasteiger partial charge < -0.3 is 10.6 Å². The highest BCUT2D eigenvalue weighted by Crippen LogP contribution is 2.10. The highest BCUT2D eigenvalue weighted by Gasteiger charge is 2.00. The molecule has 0 heterocycles. The number of benzene rings is 1. The van der Waals surface area contributed by atoms with Crippen LogP contribution in [0.2, 0.25) is 0 Å². The molecule has 1 rings (SSSR count). The number of amides is 1. The van der Waals surface area contributed by atoms with Gasteiger partial charge in [-0.1, -0.05) is 26.0 Å². The fourth-order valence-electron chi connectivity index (χ4n) is 1.52. The Kier molecular flexibility index (Phi) is 5.53. The van der Waals surface area contributed by atoms with Crippen LogP contribution >= 0.6 is 0 Å². The van der Waals surface area contributed by atoms with E-state index in [-0.39, 0.29) is 5.91 Å². The summed E-state index contributed by atoms with van der Waals surface area (Å²) in [5.74, 6) is 0.764. The van der Waals surface area contributed by atoms with E-state index in [2.05, 4.69) is 24.5 Å². The van der Waals surface area contributed by atoms with Gasteiger partial charge in [0.2, 0.25) is 5.91 Å². The number of likely N-dealkylation sites (N-methyl/N-ethyl adjacent to an activating group) is 1. The van der Waals surface area contributed by atoms with E-state index in [0.29, 0.717) is 6.42 Å². The van der Waals surface area contributed by atoms with Crippen molar-refractivity contribution in [1.29, 1.82) is 0 Å². The molecule has 3 heteroatoms. The fourth-order valence-corrected chi connectivity index (χ4v) is 1.52. The highest BCUT2D eigenvalue weighted by atomic mass is 16.1. The van der Waals surface area contributed by atoms with Crippen LogP contribution in [0, 0.1) is 5.92 Å². The topological polar surface area (TPSA) is 41.1 Å². The average molecular weight is 234 g/mol. The summed E-state index contributed by atoms with van der Waals surface area (Å²) in [7, 11) is 1.66. The van der Waals surface area contributed by atoms with Gasteiger partial charge in [0.15, 0.2) is 0 Å². The lowest BCUT2D eigenvalue weighted by Gasteiger charge is -2.09. The first kappa shape index (κ1) is 13.6. The molecular formula is C14H22N2O. The van der Waals surface area contributed by atoms with Crippen molar-refractivity contribution >= 4 is 11.6 Å². The average Bonchev–Trinajstić information content (AvgIpc) is 2.31. The van der Waals surface area contributed by atoms with Gasteiger partial charge in [0, 0.05) is 19.3 Å². The number of nitrogens with one attached hydrogen (secondary N) is 2. The Labute approximate surface area is 104 Å². The molecule has 0 bridgehead atoms. The molecule has 0 saturated heterocycles. The molecule has 0 unspecified atom stereocenters. The van der Waals surface area contributed by atoms with Crippen LogP contribution in [0.25, 0.3) is 0 Å². The maximum Gasteiger partial charge on any atom is 0.224 e. The monoisotopic (exact) mass is 234 g/mol. The Bertz CT molecular complexity index is 344. The Morgan fingerprint density at radius 1 is 1.24 bits per heavy atom. The third kappa shape index (κ3) is 5.38. The minimum atomic E-state index is 0.0468. The Balaban J connectivity index is 2.42. The van der Waals surface area contributed by atoms with Crippen LogP contribution in [0.3, 0.4) is 0 Å². The summed E-state index contributed by atoms with van der Waals surface area (Å²) in [6.07, 6.45) is 1.61. The molecule has 1 aromatic rings. The van der Waals surface area contributed by atoms with Gasteiger partial charge in [-0.05, 0) is 30.0 Å². The lowest BCUT2D eigenvalue weighted by atomic mass is 10.1. The van der Waals surface area contributed by atoms with Gasteiger partial charge >= 0.3 is 0 Å². The first-order chi connectivity index (χ1) is 8.11. The molecule has 0 radical (unpaired) electrons. The smallest absolute Gasteiger partial charge is 0.224 e. The van der Waals surface area contributed by atoms with Crippen LogP contribution in [0.15, 0.2) is 24.3 Å². The first-order valence-electron chi connectivity index (χ1n) is 6.15. The van der Waals surface area contributed by atoms with Crippen molar-refractivity contribution in [2.45, 2.75) is 26.7 Å². The second-order valence-electron chi connectivity index (χ2n) is 4.66. The first-order valence-corrected chi connectivity index (χ1v) is 6.15. The molecule has 3 nitrogen and oxygen atoms in total. The molecule has 0 aliphatic heterocycles. The van der Waals surface area contributed by atoms with E-state index >= 15 is 0 Å². The molecule has 0 aromatic heterocycles. The molecule has 2 N–H and O–H groups in total. The lowest BCUT2D eigenvalue weighted by Crippen LogP contribution is -2.19. The van der Waals surface area contributed by atoms with Crippen molar-refractivity contribution in [3.63, 3.8) is 0 Å². The zero-order valence-corrected chi connectivity index (χ0v) is 10.9. The number of rotatable bonds is 6. The van der Waals surface area contributed by atoms with Crippen molar-refractivity contribution in [2.75, 3.05) is 18.9 Å². The third-order valence-corrected chi connectivity index (χ3v) is 2.65. The van der Waals surface area contributed by atoms with Crippen LogP contribution in [-0.2, 0) is 11.2 Å². The number of hydrogen-bond donors (Lipinski definition) is 2. The molecule has 1 amide bonds. The van der Waals surface area contributed by atoms with Gasteiger partial charge in [-0.2, -0.15) is 0 Å². The van der Waals surface area contributed by atoms with E-state index in [0.717, 1.165) is 23.7 Å². The van der Waals surface area contributed by atoms with Crippen molar-refractivity contribution in [3.8, 4) is 0 Å². The largest absolute Gasteiger partial charge is 0.385 e. The quantitative estimate of drug-likeness (QED) is 0.793. The molecule has 17 heavy (non-hydrogen) atoms. The summed E-state index contributed by atoms with van der Waals surface area (Å²) in [6, 6.07) is 8.04. The van der Waals surface area contributed by atoms with Gasteiger partial charge in [0.25, 0.3) is 0 Å². The minimum absolute atomic E-state index is 0.0468. The predicted molar refractivity (Wildman–Crippen MR) is 72.2 cm³/mol. The second kappa shape index (κ2) is 6.94. The number of hydrogen-bond acceptors (Lipinski definition) is 2. The maximum absolute atomic E-state index is 11.2. The predicted octanol–water partition coefficient (Wildman–Crippen LogP) is 2.43. The van der Waals surface area contributed by atoms with E-state index in [1.807, 2.05) is 24.3 Å². The molecule has 94 valence electrons. The SMILES string of the molecule is CNC(=O)Cc1ccc(NCCC(C)C)cc1. The Morgan fingerprint density at radius 2 is 1.88 bits per heavy atom. The molecule has 0 atom stereocenters. The van der Waals surface area contributed by atoms with Crippen molar-refractivity contribution < 1.29 is 4.79 Å². The number of anilines is 1. The summed E-state index contributed by atoms with van der Waals surface area (Å²) in [6.45, 7) is 5.43. The third-order valence-electron chi connectivity index (χ3n) is 2.65. The van der Waals surface area contributed by atoms with Gasteiger partial charge in [0.1, 0.15) is 0 Å². The van der Waals surface area contributed by atoms with Crippen LogP contribution in [0.1, 0.15) is 25.8 Å². The molecule has 0 spiro atoms. The summed E-state index contributed by atoms with van der Waals surface area (Å²) in [4.78, 5) is 11.2. The molecule has 0 fully saturated rings. The van der Waals surface area contributed by atoms with Crippen molar-refractivity contribution in [2.24, 2.45) is 5.92 Å². The molecule has 0 aliphatic rings. The van der Waals surface area contributed by atoms with E-state index in [4.69, 9.17) is 0 Å². The highest BCUT2D eigenvalue weighted by molar-refractivity contribution is 5.78. The molecular weight excluding hydrogens is 212 g/mol. The summed E-state index contributed by atoms with van der Waals surface area (Å²) >= 11 is 0. The van der Waals surface area contributed by atoms with Crippen molar-refractivity contribution in [3.05, 3.63) is 29.8 Å². The van der Waals surface area contributed by atoms with Crippen LogP contribution in [-0.4, -0.2) is 19.5 Å². The van der Waals surface area contributed by atoms with Gasteiger partial charge in [0.05, 0.1) is 6.42 Å². The number of carbonyl (C=O) groups is 1. The van der Waals surface area contributed by atoms with Crippen LogP contribution < -0.4 is 10.6 Å². The van der Waals surface area contributed by atoms with Gasteiger partial charge in [-0.15, -0.1) is 0 Å². The normalized spacial score (nSPS) is 10.4. The van der Waals surface area contributed by atoms with Gasteiger partial charge in [-0.25, -0.2) is 0 Å². The summed E-state index contributed by atoms with van der Waals surface area (Å²) in [5, 5.41) is 5.99. The summed E-state index contributed by atoms with van der Waals surface area (Å²) < 4.78 is 0. The van der Waals surface area contributed by atoms with E-state index in [1.165, 1.54) is 6.42 Å². The minimum Gasteiger partial charge on any atom is -0.385 e. The molecule has 0 saturated carbocycles. The Morgan fingerprint density at radius 3 is 2.41 bits per heavy atom. The zero-order valence-electron chi connectivity index (χ0n) is 10.9. The van der Waals surface area contributed by atoms with E-state index in [9.17, 15) is 4.79 Å². The van der Waals surface area contributed by atoms with Crippen molar-refractivity contribution in [1.82, 2.24) is 5.32 Å². The number of carbonyl (C=O) groups excluding carboxylic acids is 1. The fraction of sp³-hybridized carbons (Fsp3) is 0.500. The molecule has 1 aromatic carbocycles. The van der Waals surface area contributed by atoms with Crippen LogP contribution in [0.4, 0.5) is 5.69 Å². The zero-order chi connectivity index (χ0) is 12.7. The standard InChI is InChI=1S/C14H22N2O/c1-11(2)8-9-16-13-6-4-12(5-7-13)10-14(17)15-3/h4-7,11,16H,8-10H2,1-3H3,(H,15,17). The van der Waals surface area contributed by atoms with Gasteiger partial charge in [-0.3, -0.25) is 4.79 Å². The van der Waals surface area contributed by atoms with Crippen LogP contribution in [0.5, 0.6) is 0 Å². The maximum atomic E-state index is 11.2. The van der Waals surface area contributed by atoms with E-state index in [1.54, 1.807) is 7.05 Å². The molecule has 0 aliphatic carbocycles. The summed E-state index contributed by atoms with van der Waals surface area (Å²) in [5.41, 5.74) is 2.16. The second-order valence-corrected chi connectivity index (χ2v) is 4.66. The van der Waals surface area contributed by atoms with E-state index < -0.39 is 0 Å².